The first-order chi connectivity index (χ1) is 8.63. The normalized spacial score (nSPS) is 20.0. The standard InChI is InChI=1S/C14H19ClN2O/c1-11(18)16-8-12-3-2-4-13(7-12)9-17-6-5-14(15)10-17/h2-4,7,14H,5-6,8-10H2,1H3,(H,16,18). The maximum atomic E-state index is 10.9. The van der Waals surface area contributed by atoms with Crippen LogP contribution in [0.1, 0.15) is 24.5 Å². The van der Waals surface area contributed by atoms with Crippen molar-refractivity contribution in [3.63, 3.8) is 0 Å². The first-order valence-electron chi connectivity index (χ1n) is 6.32. The Hall–Kier alpha value is -1.06. The maximum Gasteiger partial charge on any atom is 0.217 e. The van der Waals surface area contributed by atoms with Gasteiger partial charge in [-0.15, -0.1) is 11.6 Å². The number of hydrogen-bond donors (Lipinski definition) is 1. The van der Waals surface area contributed by atoms with Crippen LogP contribution >= 0.6 is 11.6 Å². The molecule has 1 atom stereocenters. The van der Waals surface area contributed by atoms with E-state index in [1.165, 1.54) is 12.5 Å². The third kappa shape index (κ3) is 4.00. The molecule has 1 saturated heterocycles. The Morgan fingerprint density at radius 1 is 1.50 bits per heavy atom. The summed E-state index contributed by atoms with van der Waals surface area (Å²) in [6.07, 6.45) is 1.08. The van der Waals surface area contributed by atoms with E-state index in [1.54, 1.807) is 0 Å². The summed E-state index contributed by atoms with van der Waals surface area (Å²) >= 11 is 6.10. The molecule has 0 saturated carbocycles. The molecule has 1 amide bonds. The number of hydrogen-bond acceptors (Lipinski definition) is 2. The fourth-order valence-electron chi connectivity index (χ4n) is 2.25. The lowest BCUT2D eigenvalue weighted by Gasteiger charge is -2.15. The number of benzene rings is 1. The summed E-state index contributed by atoms with van der Waals surface area (Å²) in [5, 5.41) is 3.11. The van der Waals surface area contributed by atoms with E-state index < -0.39 is 0 Å². The average Bonchev–Trinajstić information content (AvgIpc) is 2.73. The number of alkyl halides is 1. The van der Waals surface area contributed by atoms with Crippen LogP contribution in [-0.2, 0) is 17.9 Å². The Kier molecular flexibility index (Phi) is 4.61. The second-order valence-corrected chi connectivity index (χ2v) is 5.47. The lowest BCUT2D eigenvalue weighted by Crippen LogP contribution is -2.21. The minimum Gasteiger partial charge on any atom is -0.352 e. The van der Waals surface area contributed by atoms with Gasteiger partial charge in [-0.2, -0.15) is 0 Å². The fourth-order valence-corrected chi connectivity index (χ4v) is 2.54. The number of halogens is 1. The molecule has 1 heterocycles. The van der Waals surface area contributed by atoms with E-state index in [0.717, 1.165) is 31.6 Å². The van der Waals surface area contributed by atoms with Gasteiger partial charge in [0.25, 0.3) is 0 Å². The van der Waals surface area contributed by atoms with Crippen molar-refractivity contribution in [3.8, 4) is 0 Å². The lowest BCUT2D eigenvalue weighted by molar-refractivity contribution is -0.119. The second kappa shape index (κ2) is 6.21. The van der Waals surface area contributed by atoms with Gasteiger partial charge in [0.05, 0.1) is 0 Å². The van der Waals surface area contributed by atoms with E-state index >= 15 is 0 Å². The zero-order valence-electron chi connectivity index (χ0n) is 10.7. The van der Waals surface area contributed by atoms with Crippen LogP contribution in [0.4, 0.5) is 0 Å². The molecule has 4 heteroatoms. The van der Waals surface area contributed by atoms with Crippen molar-refractivity contribution >= 4 is 17.5 Å². The summed E-state index contributed by atoms with van der Waals surface area (Å²) in [5.74, 6) is 0.00456. The van der Waals surface area contributed by atoms with Gasteiger partial charge in [0.15, 0.2) is 0 Å². The monoisotopic (exact) mass is 266 g/mol. The van der Waals surface area contributed by atoms with Crippen LogP contribution in [0.3, 0.4) is 0 Å². The smallest absolute Gasteiger partial charge is 0.217 e. The van der Waals surface area contributed by atoms with Gasteiger partial charge in [0, 0.05) is 31.9 Å². The third-order valence-corrected chi connectivity index (χ3v) is 3.51. The molecule has 1 aromatic rings. The predicted molar refractivity (Wildman–Crippen MR) is 73.5 cm³/mol. The predicted octanol–water partition coefficient (Wildman–Crippen LogP) is 2.14. The van der Waals surface area contributed by atoms with E-state index in [1.807, 2.05) is 12.1 Å². The molecule has 0 spiro atoms. The Bertz CT molecular complexity index is 422. The van der Waals surface area contributed by atoms with E-state index in [0.29, 0.717) is 11.9 Å². The molecule has 98 valence electrons. The molecule has 1 unspecified atom stereocenters. The highest BCUT2D eigenvalue weighted by Gasteiger charge is 2.19. The first kappa shape index (κ1) is 13.4. The van der Waals surface area contributed by atoms with E-state index in [4.69, 9.17) is 11.6 Å². The molecule has 1 aliphatic rings. The van der Waals surface area contributed by atoms with Crippen LogP contribution in [0.5, 0.6) is 0 Å². The highest BCUT2D eigenvalue weighted by atomic mass is 35.5. The van der Waals surface area contributed by atoms with Gasteiger partial charge < -0.3 is 5.32 Å². The molecule has 1 fully saturated rings. The second-order valence-electron chi connectivity index (χ2n) is 4.85. The molecule has 0 aliphatic carbocycles. The molecular formula is C14H19ClN2O. The minimum absolute atomic E-state index is 0.00456. The highest BCUT2D eigenvalue weighted by molar-refractivity contribution is 6.20. The van der Waals surface area contributed by atoms with Gasteiger partial charge in [-0.3, -0.25) is 9.69 Å². The van der Waals surface area contributed by atoms with Crippen molar-refractivity contribution in [2.45, 2.75) is 31.8 Å². The zero-order valence-corrected chi connectivity index (χ0v) is 11.4. The van der Waals surface area contributed by atoms with Gasteiger partial charge in [-0.1, -0.05) is 24.3 Å². The van der Waals surface area contributed by atoms with Crippen molar-refractivity contribution in [2.24, 2.45) is 0 Å². The number of rotatable bonds is 4. The van der Waals surface area contributed by atoms with Crippen LogP contribution < -0.4 is 5.32 Å². The summed E-state index contributed by atoms with van der Waals surface area (Å²) in [5.41, 5.74) is 2.42. The molecule has 18 heavy (non-hydrogen) atoms. The first-order valence-corrected chi connectivity index (χ1v) is 6.76. The third-order valence-electron chi connectivity index (χ3n) is 3.15. The summed E-state index contributed by atoms with van der Waals surface area (Å²) < 4.78 is 0. The van der Waals surface area contributed by atoms with Crippen LogP contribution in [0.15, 0.2) is 24.3 Å². The van der Waals surface area contributed by atoms with E-state index in [2.05, 4.69) is 22.3 Å². The SMILES string of the molecule is CC(=O)NCc1cccc(CN2CCC(Cl)C2)c1. The van der Waals surface area contributed by atoms with Crippen molar-refractivity contribution in [1.29, 1.82) is 0 Å². The van der Waals surface area contributed by atoms with Crippen LogP contribution in [0.2, 0.25) is 0 Å². The number of nitrogens with one attached hydrogen (secondary N) is 1. The summed E-state index contributed by atoms with van der Waals surface area (Å²) in [6.45, 7) is 5.12. The van der Waals surface area contributed by atoms with Crippen molar-refractivity contribution in [2.75, 3.05) is 13.1 Å². The molecule has 0 radical (unpaired) electrons. The Morgan fingerprint density at radius 3 is 2.94 bits per heavy atom. The molecule has 1 N–H and O–H groups in total. The lowest BCUT2D eigenvalue weighted by atomic mass is 10.1. The molecule has 3 nitrogen and oxygen atoms in total. The van der Waals surface area contributed by atoms with E-state index in [9.17, 15) is 4.79 Å². The molecule has 0 aromatic heterocycles. The summed E-state index contributed by atoms with van der Waals surface area (Å²) in [6, 6.07) is 8.35. The number of carbonyl (C=O) groups is 1. The van der Waals surface area contributed by atoms with Crippen molar-refractivity contribution in [1.82, 2.24) is 10.2 Å². The highest BCUT2D eigenvalue weighted by Crippen LogP contribution is 2.17. The van der Waals surface area contributed by atoms with Crippen LogP contribution in [-0.4, -0.2) is 29.3 Å². The molecule has 1 aliphatic heterocycles. The van der Waals surface area contributed by atoms with Crippen LogP contribution in [0, 0.1) is 0 Å². The topological polar surface area (TPSA) is 32.3 Å². The van der Waals surface area contributed by atoms with Gasteiger partial charge in [-0.05, 0) is 24.1 Å². The Morgan fingerprint density at radius 2 is 2.28 bits per heavy atom. The van der Waals surface area contributed by atoms with Gasteiger partial charge in [-0.25, -0.2) is 0 Å². The van der Waals surface area contributed by atoms with Gasteiger partial charge in [0.1, 0.15) is 0 Å². The minimum atomic E-state index is 0.00456. The van der Waals surface area contributed by atoms with Crippen LogP contribution in [0.25, 0.3) is 0 Å². The molecule has 0 bridgehead atoms. The molecule has 1 aromatic carbocycles. The largest absolute Gasteiger partial charge is 0.352 e. The zero-order chi connectivity index (χ0) is 13.0. The summed E-state index contributed by atoms with van der Waals surface area (Å²) in [4.78, 5) is 13.3. The number of amides is 1. The fraction of sp³-hybridized carbons (Fsp3) is 0.500. The van der Waals surface area contributed by atoms with Gasteiger partial charge in [0.2, 0.25) is 5.91 Å². The molecular weight excluding hydrogens is 248 g/mol. The van der Waals surface area contributed by atoms with Gasteiger partial charge >= 0.3 is 0 Å². The summed E-state index contributed by atoms with van der Waals surface area (Å²) in [7, 11) is 0. The molecule has 2 rings (SSSR count). The quantitative estimate of drug-likeness (QED) is 0.847. The number of nitrogens with zero attached hydrogens (tertiary/aromatic N) is 1. The maximum absolute atomic E-state index is 10.9. The Balaban J connectivity index is 1.92. The average molecular weight is 267 g/mol. The van der Waals surface area contributed by atoms with Crippen molar-refractivity contribution in [3.05, 3.63) is 35.4 Å². The van der Waals surface area contributed by atoms with E-state index in [-0.39, 0.29) is 5.91 Å². The Labute approximate surface area is 113 Å². The number of likely N-dealkylation sites (tertiary alicyclic amines) is 1. The van der Waals surface area contributed by atoms with Crippen molar-refractivity contribution < 1.29 is 4.79 Å². The number of carbonyl (C=O) groups excluding carboxylic acids is 1.